The molecule has 0 saturated carbocycles. The molecule has 0 unspecified atom stereocenters. The molecular formula is C9H16N2O3. The molecule has 1 heterocycles. The first-order chi connectivity index (χ1) is 6.63. The molecular weight excluding hydrogens is 184 g/mol. The second kappa shape index (κ2) is 4.95. The first-order valence-electron chi connectivity index (χ1n) is 4.81. The molecule has 0 radical (unpaired) electrons. The van der Waals surface area contributed by atoms with Gasteiger partial charge in [-0.3, -0.25) is 9.59 Å². The van der Waals surface area contributed by atoms with Crippen molar-refractivity contribution in [3.05, 3.63) is 0 Å². The zero-order valence-corrected chi connectivity index (χ0v) is 8.32. The number of hydrogen-bond acceptors (Lipinski definition) is 3. The number of amides is 2. The molecule has 1 rings (SSSR count). The second-order valence-electron chi connectivity index (χ2n) is 3.57. The molecule has 5 nitrogen and oxygen atoms in total. The Hall–Kier alpha value is -1.10. The Morgan fingerprint density at radius 3 is 2.93 bits per heavy atom. The Labute approximate surface area is 83.1 Å². The van der Waals surface area contributed by atoms with E-state index in [1.807, 2.05) is 0 Å². The summed E-state index contributed by atoms with van der Waals surface area (Å²) < 4.78 is 0. The number of hydrogen-bond donors (Lipinski definition) is 2. The summed E-state index contributed by atoms with van der Waals surface area (Å²) in [7, 11) is 0. The molecule has 0 spiro atoms. The minimum absolute atomic E-state index is 0.0387. The van der Waals surface area contributed by atoms with Crippen LogP contribution in [0, 0.1) is 0 Å². The van der Waals surface area contributed by atoms with Crippen LogP contribution in [0.4, 0.5) is 0 Å². The molecule has 2 amide bonds. The first kappa shape index (κ1) is 11.0. The van der Waals surface area contributed by atoms with E-state index in [0.29, 0.717) is 13.0 Å². The maximum atomic E-state index is 11.3. The van der Waals surface area contributed by atoms with Crippen molar-refractivity contribution < 1.29 is 14.7 Å². The minimum atomic E-state index is -0.250. The Morgan fingerprint density at radius 2 is 2.43 bits per heavy atom. The van der Waals surface area contributed by atoms with Gasteiger partial charge in [-0.1, -0.05) is 0 Å². The highest BCUT2D eigenvalue weighted by atomic mass is 16.3. The van der Waals surface area contributed by atoms with E-state index in [0.717, 1.165) is 6.42 Å². The van der Waals surface area contributed by atoms with Crippen molar-refractivity contribution in [2.24, 2.45) is 0 Å². The van der Waals surface area contributed by atoms with Crippen LogP contribution in [0.15, 0.2) is 0 Å². The van der Waals surface area contributed by atoms with Crippen molar-refractivity contribution in [2.45, 2.75) is 25.8 Å². The Kier molecular flexibility index (Phi) is 3.88. The molecule has 0 aromatic carbocycles. The zero-order chi connectivity index (χ0) is 10.6. The van der Waals surface area contributed by atoms with E-state index >= 15 is 0 Å². The Morgan fingerprint density at radius 1 is 1.71 bits per heavy atom. The summed E-state index contributed by atoms with van der Waals surface area (Å²) in [6, 6.07) is -0.250. The minimum Gasteiger partial charge on any atom is -0.394 e. The molecule has 1 saturated heterocycles. The van der Waals surface area contributed by atoms with Gasteiger partial charge in [-0.25, -0.2) is 0 Å². The van der Waals surface area contributed by atoms with E-state index in [4.69, 9.17) is 5.11 Å². The summed E-state index contributed by atoms with van der Waals surface area (Å²) in [4.78, 5) is 24.0. The average Bonchev–Trinajstić information content (AvgIpc) is 2.51. The molecule has 0 aromatic heterocycles. The van der Waals surface area contributed by atoms with E-state index in [-0.39, 0.29) is 31.0 Å². The SMILES string of the molecule is C[C@H](CO)NC(=O)CN1CCCC1=O. The van der Waals surface area contributed by atoms with Gasteiger partial charge >= 0.3 is 0 Å². The van der Waals surface area contributed by atoms with Gasteiger partial charge in [0.15, 0.2) is 0 Å². The van der Waals surface area contributed by atoms with Gasteiger partial charge in [0, 0.05) is 19.0 Å². The van der Waals surface area contributed by atoms with Gasteiger partial charge in [-0.15, -0.1) is 0 Å². The van der Waals surface area contributed by atoms with Gasteiger partial charge in [0.2, 0.25) is 11.8 Å². The van der Waals surface area contributed by atoms with Crippen molar-refractivity contribution in [3.8, 4) is 0 Å². The molecule has 1 aliphatic rings. The van der Waals surface area contributed by atoms with Gasteiger partial charge in [-0.2, -0.15) is 0 Å². The normalized spacial score (nSPS) is 18.4. The molecule has 0 aliphatic carbocycles. The fourth-order valence-electron chi connectivity index (χ4n) is 1.41. The topological polar surface area (TPSA) is 69.6 Å². The maximum absolute atomic E-state index is 11.3. The maximum Gasteiger partial charge on any atom is 0.239 e. The van der Waals surface area contributed by atoms with E-state index in [2.05, 4.69) is 5.32 Å². The summed E-state index contributed by atoms with van der Waals surface area (Å²) in [5.41, 5.74) is 0. The predicted octanol–water partition coefficient (Wildman–Crippen LogP) is -0.894. The van der Waals surface area contributed by atoms with Crippen LogP contribution in [0.2, 0.25) is 0 Å². The molecule has 1 atom stereocenters. The largest absolute Gasteiger partial charge is 0.394 e. The third-order valence-corrected chi connectivity index (χ3v) is 2.19. The van der Waals surface area contributed by atoms with Crippen molar-refractivity contribution in [2.75, 3.05) is 19.7 Å². The molecule has 14 heavy (non-hydrogen) atoms. The molecule has 2 N–H and O–H groups in total. The molecule has 0 aromatic rings. The molecule has 1 aliphatic heterocycles. The Bertz CT molecular complexity index is 230. The van der Waals surface area contributed by atoms with Crippen LogP contribution in [0.25, 0.3) is 0 Å². The summed E-state index contributed by atoms with van der Waals surface area (Å²) in [5.74, 6) is -0.168. The van der Waals surface area contributed by atoms with Crippen molar-refractivity contribution in [1.82, 2.24) is 10.2 Å². The third-order valence-electron chi connectivity index (χ3n) is 2.19. The summed E-state index contributed by atoms with van der Waals surface area (Å²) in [6.07, 6.45) is 1.38. The standard InChI is InChI=1S/C9H16N2O3/c1-7(6-12)10-8(13)5-11-4-2-3-9(11)14/h7,12H,2-6H2,1H3,(H,10,13)/t7-/m1/s1. The van der Waals surface area contributed by atoms with Gasteiger partial charge in [-0.05, 0) is 13.3 Å². The van der Waals surface area contributed by atoms with E-state index in [1.165, 1.54) is 0 Å². The van der Waals surface area contributed by atoms with Gasteiger partial charge in [0.25, 0.3) is 0 Å². The summed E-state index contributed by atoms with van der Waals surface area (Å²) in [6.45, 7) is 2.41. The number of carbonyl (C=O) groups excluding carboxylic acids is 2. The van der Waals surface area contributed by atoms with Crippen molar-refractivity contribution >= 4 is 11.8 Å². The number of nitrogens with one attached hydrogen (secondary N) is 1. The van der Waals surface area contributed by atoms with Crippen molar-refractivity contribution in [1.29, 1.82) is 0 Å². The van der Waals surface area contributed by atoms with Crippen LogP contribution >= 0.6 is 0 Å². The van der Waals surface area contributed by atoms with Crippen LogP contribution in [-0.2, 0) is 9.59 Å². The number of aliphatic hydroxyl groups is 1. The van der Waals surface area contributed by atoms with Crippen molar-refractivity contribution in [3.63, 3.8) is 0 Å². The number of rotatable bonds is 4. The van der Waals surface area contributed by atoms with Gasteiger partial charge < -0.3 is 15.3 Å². The summed E-state index contributed by atoms with van der Waals surface area (Å²) in [5, 5.41) is 11.3. The number of aliphatic hydroxyl groups excluding tert-OH is 1. The van der Waals surface area contributed by atoms with Crippen LogP contribution in [0.1, 0.15) is 19.8 Å². The summed E-state index contributed by atoms with van der Waals surface area (Å²) >= 11 is 0. The highest BCUT2D eigenvalue weighted by molar-refractivity contribution is 5.85. The lowest BCUT2D eigenvalue weighted by molar-refractivity contribution is -0.133. The van der Waals surface area contributed by atoms with Gasteiger partial charge in [0.05, 0.1) is 13.2 Å². The monoisotopic (exact) mass is 200 g/mol. The molecule has 5 heteroatoms. The fraction of sp³-hybridized carbons (Fsp3) is 0.778. The van der Waals surface area contributed by atoms with Crippen LogP contribution in [0.5, 0.6) is 0 Å². The van der Waals surface area contributed by atoms with E-state index in [1.54, 1.807) is 11.8 Å². The lowest BCUT2D eigenvalue weighted by atomic mass is 10.3. The molecule has 1 fully saturated rings. The zero-order valence-electron chi connectivity index (χ0n) is 8.32. The number of likely N-dealkylation sites (tertiary alicyclic amines) is 1. The van der Waals surface area contributed by atoms with Crippen LogP contribution in [0.3, 0.4) is 0 Å². The number of nitrogens with zero attached hydrogens (tertiary/aromatic N) is 1. The fourth-order valence-corrected chi connectivity index (χ4v) is 1.41. The van der Waals surface area contributed by atoms with E-state index < -0.39 is 0 Å². The first-order valence-corrected chi connectivity index (χ1v) is 4.81. The third kappa shape index (κ3) is 2.99. The predicted molar refractivity (Wildman–Crippen MR) is 50.5 cm³/mol. The highest BCUT2D eigenvalue weighted by Crippen LogP contribution is 2.08. The molecule has 80 valence electrons. The van der Waals surface area contributed by atoms with E-state index in [9.17, 15) is 9.59 Å². The average molecular weight is 200 g/mol. The van der Waals surface area contributed by atoms with Crippen LogP contribution in [-0.4, -0.2) is 47.6 Å². The number of carbonyl (C=O) groups is 2. The highest BCUT2D eigenvalue weighted by Gasteiger charge is 2.22. The molecule has 0 bridgehead atoms. The van der Waals surface area contributed by atoms with Gasteiger partial charge in [0.1, 0.15) is 0 Å². The Balaban J connectivity index is 2.29. The lowest BCUT2D eigenvalue weighted by Crippen LogP contribution is -2.42. The lowest BCUT2D eigenvalue weighted by Gasteiger charge is -2.17. The quantitative estimate of drug-likeness (QED) is 0.618. The second-order valence-corrected chi connectivity index (χ2v) is 3.57. The van der Waals surface area contributed by atoms with Crippen LogP contribution < -0.4 is 5.32 Å². The smallest absolute Gasteiger partial charge is 0.239 e.